The van der Waals surface area contributed by atoms with Crippen LogP contribution in [0.4, 0.5) is 0 Å². The van der Waals surface area contributed by atoms with Gasteiger partial charge in [-0.05, 0) is 6.42 Å². The minimum absolute atomic E-state index is 0.267. The maximum Gasteiger partial charge on any atom is 0.305 e. The third kappa shape index (κ3) is 6.18. The van der Waals surface area contributed by atoms with E-state index in [0.29, 0.717) is 6.42 Å². The van der Waals surface area contributed by atoms with Gasteiger partial charge in [-0.25, -0.2) is 0 Å². The Hall–Kier alpha value is -0.730. The van der Waals surface area contributed by atoms with Crippen LogP contribution in [-0.4, -0.2) is 63.7 Å². The maximum atomic E-state index is 11.6. The van der Waals surface area contributed by atoms with Gasteiger partial charge in [0.2, 0.25) is 0 Å². The predicted molar refractivity (Wildman–Crippen MR) is 77.9 cm³/mol. The molecular weight excluding hydrogens is 292 g/mol. The fraction of sp³-hybridized carbons (Fsp3) is 0.933. The number of rotatable bonds is 9. The number of carbonyl (C=O) groups excluding carboxylic acids is 1. The first kappa shape index (κ1) is 19.3. The van der Waals surface area contributed by atoms with E-state index in [1.165, 1.54) is 19.3 Å². The second-order valence-corrected chi connectivity index (χ2v) is 5.74. The molecule has 22 heavy (non-hydrogen) atoms. The normalized spacial score (nSPS) is 32.0. The van der Waals surface area contributed by atoms with Crippen LogP contribution in [0.1, 0.15) is 51.9 Å². The van der Waals surface area contributed by atoms with Gasteiger partial charge in [0.15, 0.2) is 6.29 Å². The maximum absolute atomic E-state index is 11.6. The summed E-state index contributed by atoms with van der Waals surface area (Å²) in [7, 11) is 0. The van der Waals surface area contributed by atoms with Crippen LogP contribution in [0.2, 0.25) is 0 Å². The Kier molecular flexibility index (Phi) is 8.89. The minimum Gasteiger partial charge on any atom is -0.463 e. The lowest BCUT2D eigenvalue weighted by Crippen LogP contribution is -2.58. The molecule has 7 heteroatoms. The van der Waals surface area contributed by atoms with Gasteiger partial charge in [0.1, 0.15) is 31.0 Å². The number of hydrogen-bond acceptors (Lipinski definition) is 7. The van der Waals surface area contributed by atoms with Crippen molar-refractivity contribution in [3.63, 3.8) is 0 Å². The van der Waals surface area contributed by atoms with Crippen molar-refractivity contribution in [2.24, 2.45) is 0 Å². The summed E-state index contributed by atoms with van der Waals surface area (Å²) in [6.07, 6.45) is -0.521. The lowest BCUT2D eigenvalue weighted by Gasteiger charge is -2.37. The van der Waals surface area contributed by atoms with E-state index in [-0.39, 0.29) is 6.61 Å². The van der Waals surface area contributed by atoms with E-state index in [1.54, 1.807) is 0 Å². The highest BCUT2D eigenvalue weighted by Gasteiger charge is 2.43. The first-order valence-corrected chi connectivity index (χ1v) is 8.00. The molecule has 0 aliphatic carbocycles. The van der Waals surface area contributed by atoms with Crippen LogP contribution >= 0.6 is 0 Å². The Balaban J connectivity index is 2.18. The number of aliphatic hydroxyl groups is 4. The third-order valence-corrected chi connectivity index (χ3v) is 3.83. The Morgan fingerprint density at radius 2 is 1.59 bits per heavy atom. The van der Waals surface area contributed by atoms with Gasteiger partial charge in [-0.1, -0.05) is 39.0 Å². The van der Waals surface area contributed by atoms with Crippen molar-refractivity contribution in [3.8, 4) is 0 Å². The van der Waals surface area contributed by atoms with E-state index in [0.717, 1.165) is 19.3 Å². The number of hydrogen-bond donors (Lipinski definition) is 4. The van der Waals surface area contributed by atoms with Crippen LogP contribution in [0.25, 0.3) is 0 Å². The SMILES string of the molecule is CCCCCCCCC(=O)OC[C@H]1O[C@H](O)[C@H](O)[C@@H](O)[C@H]1O. The summed E-state index contributed by atoms with van der Waals surface area (Å²) in [6, 6.07) is 0. The lowest BCUT2D eigenvalue weighted by atomic mass is 9.99. The molecule has 1 saturated heterocycles. The Morgan fingerprint density at radius 1 is 0.955 bits per heavy atom. The van der Waals surface area contributed by atoms with E-state index < -0.39 is 36.7 Å². The molecule has 5 atom stereocenters. The largest absolute Gasteiger partial charge is 0.463 e. The zero-order valence-corrected chi connectivity index (χ0v) is 13.1. The van der Waals surface area contributed by atoms with Gasteiger partial charge in [-0.15, -0.1) is 0 Å². The van der Waals surface area contributed by atoms with Crippen LogP contribution in [0.15, 0.2) is 0 Å². The highest BCUT2D eigenvalue weighted by atomic mass is 16.6. The van der Waals surface area contributed by atoms with E-state index in [4.69, 9.17) is 9.47 Å². The molecule has 1 aliphatic heterocycles. The number of aliphatic hydroxyl groups excluding tert-OH is 4. The molecule has 0 amide bonds. The second kappa shape index (κ2) is 10.1. The molecule has 1 fully saturated rings. The molecule has 0 bridgehead atoms. The number of carbonyl (C=O) groups is 1. The number of unbranched alkanes of at least 4 members (excludes halogenated alkanes) is 5. The molecule has 0 saturated carbocycles. The average Bonchev–Trinajstić information content (AvgIpc) is 2.51. The molecule has 0 spiro atoms. The fourth-order valence-corrected chi connectivity index (χ4v) is 2.37. The van der Waals surface area contributed by atoms with Crippen molar-refractivity contribution in [1.29, 1.82) is 0 Å². The van der Waals surface area contributed by atoms with Crippen molar-refractivity contribution in [2.45, 2.75) is 82.6 Å². The molecule has 0 unspecified atom stereocenters. The van der Waals surface area contributed by atoms with Crippen molar-refractivity contribution >= 4 is 5.97 Å². The van der Waals surface area contributed by atoms with Crippen LogP contribution in [0, 0.1) is 0 Å². The van der Waals surface area contributed by atoms with Crippen LogP contribution in [0.3, 0.4) is 0 Å². The summed E-state index contributed by atoms with van der Waals surface area (Å²) in [4.78, 5) is 11.6. The van der Waals surface area contributed by atoms with Crippen molar-refractivity contribution in [1.82, 2.24) is 0 Å². The predicted octanol–water partition coefficient (Wildman–Crippen LogP) is 0.0801. The molecule has 0 aromatic heterocycles. The average molecular weight is 320 g/mol. The summed E-state index contributed by atoms with van der Waals surface area (Å²) in [5.41, 5.74) is 0. The zero-order chi connectivity index (χ0) is 16.5. The van der Waals surface area contributed by atoms with Gasteiger partial charge in [0.05, 0.1) is 0 Å². The summed E-state index contributed by atoms with van der Waals surface area (Å²) in [6.45, 7) is 1.88. The van der Waals surface area contributed by atoms with E-state index >= 15 is 0 Å². The Bertz CT molecular complexity index is 323. The molecule has 0 aromatic carbocycles. The van der Waals surface area contributed by atoms with E-state index in [9.17, 15) is 25.2 Å². The van der Waals surface area contributed by atoms with Gasteiger partial charge in [0, 0.05) is 6.42 Å². The van der Waals surface area contributed by atoms with Gasteiger partial charge < -0.3 is 29.9 Å². The van der Waals surface area contributed by atoms with Gasteiger partial charge >= 0.3 is 5.97 Å². The van der Waals surface area contributed by atoms with Crippen LogP contribution in [0.5, 0.6) is 0 Å². The van der Waals surface area contributed by atoms with Crippen LogP contribution in [-0.2, 0) is 14.3 Å². The number of ether oxygens (including phenoxy) is 2. The highest BCUT2D eigenvalue weighted by molar-refractivity contribution is 5.69. The standard InChI is InChI=1S/C15H28O7/c1-2-3-4-5-6-7-8-11(16)21-9-10-12(17)13(18)14(19)15(20)22-10/h10,12-15,17-20H,2-9H2,1H3/t10-,12+,13+,14-,15+/m1/s1. The molecule has 130 valence electrons. The Labute approximate surface area is 130 Å². The molecule has 1 aliphatic rings. The van der Waals surface area contributed by atoms with Gasteiger partial charge in [-0.2, -0.15) is 0 Å². The van der Waals surface area contributed by atoms with Gasteiger partial charge in [0.25, 0.3) is 0 Å². The summed E-state index contributed by atoms with van der Waals surface area (Å²) in [5.74, 6) is -0.401. The molecule has 4 N–H and O–H groups in total. The van der Waals surface area contributed by atoms with E-state index in [2.05, 4.69) is 6.92 Å². The monoisotopic (exact) mass is 320 g/mol. The molecule has 0 aromatic rings. The lowest BCUT2D eigenvalue weighted by molar-refractivity contribution is -0.287. The topological polar surface area (TPSA) is 116 Å². The molecule has 1 heterocycles. The second-order valence-electron chi connectivity index (χ2n) is 5.74. The molecule has 7 nitrogen and oxygen atoms in total. The van der Waals surface area contributed by atoms with E-state index in [1.807, 2.05) is 0 Å². The zero-order valence-electron chi connectivity index (χ0n) is 13.1. The smallest absolute Gasteiger partial charge is 0.305 e. The first-order chi connectivity index (χ1) is 10.5. The first-order valence-electron chi connectivity index (χ1n) is 8.00. The van der Waals surface area contributed by atoms with Crippen molar-refractivity contribution in [2.75, 3.05) is 6.61 Å². The third-order valence-electron chi connectivity index (χ3n) is 3.83. The highest BCUT2D eigenvalue weighted by Crippen LogP contribution is 2.20. The minimum atomic E-state index is -1.61. The summed E-state index contributed by atoms with van der Waals surface area (Å²) < 4.78 is 9.90. The molecule has 1 rings (SSSR count). The number of esters is 1. The van der Waals surface area contributed by atoms with Crippen molar-refractivity contribution in [3.05, 3.63) is 0 Å². The van der Waals surface area contributed by atoms with Crippen LogP contribution < -0.4 is 0 Å². The van der Waals surface area contributed by atoms with Gasteiger partial charge in [-0.3, -0.25) is 4.79 Å². The van der Waals surface area contributed by atoms with Crippen molar-refractivity contribution < 1.29 is 34.7 Å². The quantitative estimate of drug-likeness (QED) is 0.351. The molecule has 0 radical (unpaired) electrons. The molecular formula is C15H28O7. The summed E-state index contributed by atoms with van der Waals surface area (Å²) in [5, 5.41) is 37.9. The fourth-order valence-electron chi connectivity index (χ4n) is 2.37. The Morgan fingerprint density at radius 3 is 2.27 bits per heavy atom. The summed E-state index contributed by atoms with van der Waals surface area (Å²) >= 11 is 0.